The van der Waals surface area contributed by atoms with Crippen LogP contribution in [0.15, 0.2) is 0 Å². The molecule has 1 heteroatoms. The summed E-state index contributed by atoms with van der Waals surface area (Å²) in [7, 11) is 0. The third kappa shape index (κ3) is 5.87. The van der Waals surface area contributed by atoms with Crippen LogP contribution in [0, 0.1) is 11.8 Å². The van der Waals surface area contributed by atoms with E-state index >= 15 is 0 Å². The first kappa shape index (κ1) is 18.3. The van der Waals surface area contributed by atoms with Crippen molar-refractivity contribution < 1.29 is 0 Å². The fourth-order valence-corrected chi connectivity index (χ4v) is 5.05. The molecule has 1 heterocycles. The third-order valence-corrected chi connectivity index (χ3v) is 6.49. The summed E-state index contributed by atoms with van der Waals surface area (Å²) in [5, 5.41) is 0. The molecule has 0 bridgehead atoms. The quantitative estimate of drug-likeness (QED) is 0.569. The van der Waals surface area contributed by atoms with Crippen molar-refractivity contribution in [3.8, 4) is 0 Å². The van der Waals surface area contributed by atoms with E-state index in [1.807, 2.05) is 0 Å². The van der Waals surface area contributed by atoms with Crippen molar-refractivity contribution >= 4 is 0 Å². The Morgan fingerprint density at radius 1 is 0.682 bits per heavy atom. The maximum atomic E-state index is 2.87. The molecule has 0 spiro atoms. The Balaban J connectivity index is 2.05. The standard InChI is InChI=1S/C21H41N/c1-3-22-18-14-10-6-9-13-17-21(22)20-16-12-8-5-4-7-11-15-19(20)2/h19-21H,3-18H2,1-2H3. The Morgan fingerprint density at radius 3 is 1.91 bits per heavy atom. The lowest BCUT2D eigenvalue weighted by molar-refractivity contribution is 0.0936. The van der Waals surface area contributed by atoms with Crippen LogP contribution >= 0.6 is 0 Å². The average molecular weight is 308 g/mol. The molecule has 22 heavy (non-hydrogen) atoms. The molecule has 1 aliphatic heterocycles. The Morgan fingerprint density at radius 2 is 1.23 bits per heavy atom. The molecule has 0 aromatic rings. The van der Waals surface area contributed by atoms with Gasteiger partial charge >= 0.3 is 0 Å². The zero-order chi connectivity index (χ0) is 15.6. The van der Waals surface area contributed by atoms with Crippen LogP contribution in [0.3, 0.4) is 0 Å². The van der Waals surface area contributed by atoms with Crippen LogP contribution in [-0.2, 0) is 0 Å². The largest absolute Gasteiger partial charge is 0.300 e. The summed E-state index contributed by atoms with van der Waals surface area (Å²) in [5.41, 5.74) is 0. The van der Waals surface area contributed by atoms with Crippen molar-refractivity contribution in [2.24, 2.45) is 11.8 Å². The Kier molecular flexibility index (Phi) is 8.89. The van der Waals surface area contributed by atoms with Crippen LogP contribution in [0.5, 0.6) is 0 Å². The van der Waals surface area contributed by atoms with Gasteiger partial charge in [-0.05, 0) is 44.2 Å². The minimum atomic E-state index is 0.887. The van der Waals surface area contributed by atoms with E-state index in [1.54, 1.807) is 0 Å². The van der Waals surface area contributed by atoms with Gasteiger partial charge in [-0.25, -0.2) is 0 Å². The van der Waals surface area contributed by atoms with Crippen LogP contribution in [0.25, 0.3) is 0 Å². The molecule has 0 aromatic carbocycles. The highest BCUT2D eigenvalue weighted by Crippen LogP contribution is 2.34. The van der Waals surface area contributed by atoms with E-state index in [0.29, 0.717) is 0 Å². The van der Waals surface area contributed by atoms with E-state index in [0.717, 1.165) is 17.9 Å². The minimum absolute atomic E-state index is 0.887. The van der Waals surface area contributed by atoms with Crippen LogP contribution < -0.4 is 0 Å². The Hall–Kier alpha value is -0.0400. The van der Waals surface area contributed by atoms with Gasteiger partial charge in [0.15, 0.2) is 0 Å². The molecule has 0 amide bonds. The fourth-order valence-electron chi connectivity index (χ4n) is 5.05. The van der Waals surface area contributed by atoms with E-state index in [-0.39, 0.29) is 0 Å². The minimum Gasteiger partial charge on any atom is -0.300 e. The summed E-state index contributed by atoms with van der Waals surface area (Å²) in [6.45, 7) is 7.61. The molecular formula is C21H41N. The van der Waals surface area contributed by atoms with Gasteiger partial charge < -0.3 is 4.90 Å². The topological polar surface area (TPSA) is 3.24 Å². The van der Waals surface area contributed by atoms with Crippen molar-refractivity contribution in [1.82, 2.24) is 4.90 Å². The van der Waals surface area contributed by atoms with Crippen molar-refractivity contribution in [2.75, 3.05) is 13.1 Å². The van der Waals surface area contributed by atoms with Gasteiger partial charge in [-0.15, -0.1) is 0 Å². The molecule has 1 aliphatic carbocycles. The number of hydrogen-bond donors (Lipinski definition) is 0. The SMILES string of the molecule is CCN1CCCCCCCC1C1CCCCCCCCC1C. The van der Waals surface area contributed by atoms with Crippen LogP contribution in [0.2, 0.25) is 0 Å². The van der Waals surface area contributed by atoms with Gasteiger partial charge in [0.1, 0.15) is 0 Å². The van der Waals surface area contributed by atoms with E-state index < -0.39 is 0 Å². The molecule has 3 atom stereocenters. The van der Waals surface area contributed by atoms with E-state index in [9.17, 15) is 0 Å². The number of nitrogens with zero attached hydrogens (tertiary/aromatic N) is 1. The molecule has 0 radical (unpaired) electrons. The molecule has 1 saturated heterocycles. The van der Waals surface area contributed by atoms with Gasteiger partial charge in [0.2, 0.25) is 0 Å². The van der Waals surface area contributed by atoms with Gasteiger partial charge in [0, 0.05) is 6.04 Å². The van der Waals surface area contributed by atoms with Crippen molar-refractivity contribution in [3.05, 3.63) is 0 Å². The molecular weight excluding hydrogens is 266 g/mol. The highest BCUT2D eigenvalue weighted by atomic mass is 15.2. The predicted molar refractivity (Wildman–Crippen MR) is 98.3 cm³/mol. The molecule has 1 nitrogen and oxygen atoms in total. The smallest absolute Gasteiger partial charge is 0.0126 e. The van der Waals surface area contributed by atoms with Gasteiger partial charge in [0.25, 0.3) is 0 Å². The van der Waals surface area contributed by atoms with Gasteiger partial charge in [0.05, 0.1) is 0 Å². The molecule has 130 valence electrons. The lowest BCUT2D eigenvalue weighted by atomic mass is 9.77. The number of hydrogen-bond acceptors (Lipinski definition) is 1. The summed E-state index contributed by atoms with van der Waals surface area (Å²) < 4.78 is 0. The molecule has 2 fully saturated rings. The van der Waals surface area contributed by atoms with Crippen LogP contribution in [0.1, 0.15) is 104 Å². The summed E-state index contributed by atoms with van der Waals surface area (Å²) in [5.74, 6) is 1.91. The van der Waals surface area contributed by atoms with Gasteiger partial charge in [-0.3, -0.25) is 0 Å². The molecule has 2 rings (SSSR count). The van der Waals surface area contributed by atoms with Gasteiger partial charge in [-0.1, -0.05) is 84.5 Å². The van der Waals surface area contributed by atoms with Gasteiger partial charge in [-0.2, -0.15) is 0 Å². The second kappa shape index (κ2) is 10.7. The van der Waals surface area contributed by atoms with Crippen LogP contribution in [-0.4, -0.2) is 24.0 Å². The second-order valence-electron chi connectivity index (χ2n) is 8.09. The second-order valence-corrected chi connectivity index (χ2v) is 8.09. The summed E-state index contributed by atoms with van der Waals surface area (Å²) >= 11 is 0. The first-order chi connectivity index (χ1) is 10.8. The van der Waals surface area contributed by atoms with Crippen LogP contribution in [0.4, 0.5) is 0 Å². The van der Waals surface area contributed by atoms with Crippen molar-refractivity contribution in [3.63, 3.8) is 0 Å². The molecule has 0 aromatic heterocycles. The maximum Gasteiger partial charge on any atom is 0.0126 e. The summed E-state index contributed by atoms with van der Waals surface area (Å²) in [4.78, 5) is 2.87. The lowest BCUT2D eigenvalue weighted by Crippen LogP contribution is -2.43. The summed E-state index contributed by atoms with van der Waals surface area (Å²) in [6.07, 6.45) is 20.7. The molecule has 3 unspecified atom stereocenters. The van der Waals surface area contributed by atoms with E-state index in [2.05, 4.69) is 18.7 Å². The maximum absolute atomic E-state index is 2.87. The zero-order valence-corrected chi connectivity index (χ0v) is 15.5. The summed E-state index contributed by atoms with van der Waals surface area (Å²) in [6, 6.07) is 0.887. The molecule has 1 saturated carbocycles. The normalized spacial score (nSPS) is 34.4. The third-order valence-electron chi connectivity index (χ3n) is 6.49. The van der Waals surface area contributed by atoms with E-state index in [1.165, 1.54) is 103 Å². The first-order valence-electron chi connectivity index (χ1n) is 10.6. The fraction of sp³-hybridized carbons (Fsp3) is 1.00. The predicted octanol–water partition coefficient (Wildman–Crippen LogP) is 6.42. The lowest BCUT2D eigenvalue weighted by Gasteiger charge is -2.40. The highest BCUT2D eigenvalue weighted by Gasteiger charge is 2.30. The Bertz CT molecular complexity index is 275. The first-order valence-corrected chi connectivity index (χ1v) is 10.6. The highest BCUT2D eigenvalue weighted by molar-refractivity contribution is 4.84. The zero-order valence-electron chi connectivity index (χ0n) is 15.5. The van der Waals surface area contributed by atoms with Crippen molar-refractivity contribution in [2.45, 2.75) is 110 Å². The number of rotatable bonds is 2. The molecule has 2 aliphatic rings. The average Bonchev–Trinajstić information content (AvgIpc) is 2.65. The van der Waals surface area contributed by atoms with E-state index in [4.69, 9.17) is 0 Å². The molecule has 0 N–H and O–H groups in total. The monoisotopic (exact) mass is 307 g/mol. The Labute approximate surface area is 140 Å². The van der Waals surface area contributed by atoms with Crippen molar-refractivity contribution in [1.29, 1.82) is 0 Å².